The summed E-state index contributed by atoms with van der Waals surface area (Å²) in [7, 11) is 4.23. The third kappa shape index (κ3) is 3.76. The SMILES string of the molecule is CN(Cc1nccn1C)C[C@H](c1cccs1)N1CCOCC1. The molecule has 2 aromatic rings. The molecule has 1 saturated heterocycles. The van der Waals surface area contributed by atoms with Crippen molar-refractivity contribution in [2.45, 2.75) is 12.6 Å². The molecule has 0 aromatic carbocycles. The van der Waals surface area contributed by atoms with E-state index in [9.17, 15) is 0 Å². The third-order valence-electron chi connectivity index (χ3n) is 4.17. The molecule has 1 atom stereocenters. The van der Waals surface area contributed by atoms with Gasteiger partial charge in [0, 0.05) is 44.0 Å². The number of hydrogen-bond donors (Lipinski definition) is 0. The van der Waals surface area contributed by atoms with Gasteiger partial charge in [0.2, 0.25) is 0 Å². The van der Waals surface area contributed by atoms with Gasteiger partial charge in [-0.15, -0.1) is 11.3 Å². The van der Waals surface area contributed by atoms with Crippen LogP contribution in [0.3, 0.4) is 0 Å². The van der Waals surface area contributed by atoms with Gasteiger partial charge in [-0.3, -0.25) is 9.80 Å². The second kappa shape index (κ2) is 7.37. The van der Waals surface area contributed by atoms with Crippen LogP contribution in [0, 0.1) is 0 Å². The van der Waals surface area contributed by atoms with Crippen molar-refractivity contribution >= 4 is 11.3 Å². The lowest BCUT2D eigenvalue weighted by molar-refractivity contribution is 0.00946. The highest BCUT2D eigenvalue weighted by atomic mass is 32.1. The fourth-order valence-electron chi connectivity index (χ4n) is 2.91. The van der Waals surface area contributed by atoms with E-state index in [2.05, 4.69) is 51.0 Å². The minimum Gasteiger partial charge on any atom is -0.379 e. The number of thiophene rings is 1. The van der Waals surface area contributed by atoms with Crippen LogP contribution in [0.4, 0.5) is 0 Å². The fraction of sp³-hybridized carbons (Fsp3) is 0.562. The van der Waals surface area contributed by atoms with Gasteiger partial charge >= 0.3 is 0 Å². The minimum absolute atomic E-state index is 0.439. The zero-order valence-corrected chi connectivity index (χ0v) is 14.1. The van der Waals surface area contributed by atoms with Crippen molar-refractivity contribution in [3.05, 3.63) is 40.6 Å². The molecule has 22 heavy (non-hydrogen) atoms. The second-order valence-corrected chi connectivity index (χ2v) is 6.81. The molecule has 1 fully saturated rings. The molecule has 0 unspecified atom stereocenters. The summed E-state index contributed by atoms with van der Waals surface area (Å²) in [4.78, 5) is 10.8. The van der Waals surface area contributed by atoms with Gasteiger partial charge < -0.3 is 9.30 Å². The van der Waals surface area contributed by atoms with Crippen molar-refractivity contribution in [1.29, 1.82) is 0 Å². The molecule has 0 amide bonds. The molecule has 3 rings (SSSR count). The molecule has 0 bridgehead atoms. The van der Waals surface area contributed by atoms with Crippen molar-refractivity contribution in [3.8, 4) is 0 Å². The lowest BCUT2D eigenvalue weighted by Gasteiger charge is -2.36. The van der Waals surface area contributed by atoms with Gasteiger partial charge in [-0.1, -0.05) is 6.07 Å². The Morgan fingerprint density at radius 3 is 2.86 bits per heavy atom. The normalized spacial score (nSPS) is 18.0. The molecule has 6 heteroatoms. The number of ether oxygens (including phenoxy) is 1. The molecule has 1 aliphatic rings. The summed E-state index contributed by atoms with van der Waals surface area (Å²) in [6.07, 6.45) is 3.86. The van der Waals surface area contributed by atoms with Crippen LogP contribution in [0.5, 0.6) is 0 Å². The Labute approximate surface area is 136 Å². The molecule has 0 radical (unpaired) electrons. The lowest BCUT2D eigenvalue weighted by Crippen LogP contribution is -2.43. The van der Waals surface area contributed by atoms with Crippen LogP contribution in [-0.4, -0.2) is 59.2 Å². The largest absolute Gasteiger partial charge is 0.379 e. The van der Waals surface area contributed by atoms with E-state index in [4.69, 9.17) is 4.74 Å². The Morgan fingerprint density at radius 2 is 2.23 bits per heavy atom. The van der Waals surface area contributed by atoms with Crippen molar-refractivity contribution in [2.24, 2.45) is 7.05 Å². The van der Waals surface area contributed by atoms with E-state index in [0.717, 1.165) is 45.2 Å². The first kappa shape index (κ1) is 15.7. The molecule has 1 aliphatic heterocycles. The molecule has 3 heterocycles. The first-order chi connectivity index (χ1) is 10.7. The van der Waals surface area contributed by atoms with E-state index in [-0.39, 0.29) is 0 Å². The molecule has 0 saturated carbocycles. The number of rotatable bonds is 6. The molecule has 0 aliphatic carbocycles. The van der Waals surface area contributed by atoms with Crippen LogP contribution in [0.25, 0.3) is 0 Å². The van der Waals surface area contributed by atoms with Crippen LogP contribution in [-0.2, 0) is 18.3 Å². The molecule has 0 spiro atoms. The van der Waals surface area contributed by atoms with E-state index >= 15 is 0 Å². The molecular weight excluding hydrogens is 296 g/mol. The molecule has 120 valence electrons. The number of aryl methyl sites for hydroxylation is 1. The van der Waals surface area contributed by atoms with Crippen LogP contribution < -0.4 is 0 Å². The van der Waals surface area contributed by atoms with Crippen LogP contribution in [0.2, 0.25) is 0 Å². The average molecular weight is 320 g/mol. The van der Waals surface area contributed by atoms with Crippen LogP contribution in [0.15, 0.2) is 29.9 Å². The van der Waals surface area contributed by atoms with Crippen LogP contribution in [0.1, 0.15) is 16.7 Å². The van der Waals surface area contributed by atoms with Gasteiger partial charge in [-0.2, -0.15) is 0 Å². The molecule has 0 N–H and O–H groups in total. The lowest BCUT2D eigenvalue weighted by atomic mass is 10.1. The second-order valence-electron chi connectivity index (χ2n) is 5.83. The highest BCUT2D eigenvalue weighted by molar-refractivity contribution is 7.10. The summed E-state index contributed by atoms with van der Waals surface area (Å²) in [6.45, 7) is 5.58. The van der Waals surface area contributed by atoms with Crippen molar-refractivity contribution in [1.82, 2.24) is 19.4 Å². The van der Waals surface area contributed by atoms with Crippen molar-refractivity contribution in [2.75, 3.05) is 39.9 Å². The summed E-state index contributed by atoms with van der Waals surface area (Å²) >= 11 is 1.85. The van der Waals surface area contributed by atoms with Gasteiger partial charge in [0.05, 0.1) is 25.8 Å². The summed E-state index contributed by atoms with van der Waals surface area (Å²) in [5.41, 5.74) is 0. The first-order valence-electron chi connectivity index (χ1n) is 7.74. The topological polar surface area (TPSA) is 33.5 Å². The maximum absolute atomic E-state index is 5.51. The zero-order chi connectivity index (χ0) is 15.4. The van der Waals surface area contributed by atoms with Crippen molar-refractivity contribution < 1.29 is 4.74 Å². The van der Waals surface area contributed by atoms with Crippen LogP contribution >= 0.6 is 11.3 Å². The highest BCUT2D eigenvalue weighted by Crippen LogP contribution is 2.27. The fourth-order valence-corrected chi connectivity index (χ4v) is 3.76. The Balaban J connectivity index is 1.68. The zero-order valence-electron chi connectivity index (χ0n) is 13.3. The van der Waals surface area contributed by atoms with E-state index in [1.165, 1.54) is 4.88 Å². The Morgan fingerprint density at radius 1 is 1.41 bits per heavy atom. The molecule has 2 aromatic heterocycles. The van der Waals surface area contributed by atoms with Gasteiger partial charge in [0.15, 0.2) is 0 Å². The number of nitrogens with zero attached hydrogens (tertiary/aromatic N) is 4. The predicted molar refractivity (Wildman–Crippen MR) is 89.0 cm³/mol. The number of imidazole rings is 1. The van der Waals surface area contributed by atoms with Gasteiger partial charge in [0.1, 0.15) is 5.82 Å². The van der Waals surface area contributed by atoms with E-state index in [1.807, 2.05) is 23.7 Å². The Kier molecular flexibility index (Phi) is 5.25. The van der Waals surface area contributed by atoms with Gasteiger partial charge in [-0.25, -0.2) is 4.98 Å². The van der Waals surface area contributed by atoms with E-state index in [1.54, 1.807) is 0 Å². The first-order valence-corrected chi connectivity index (χ1v) is 8.62. The van der Waals surface area contributed by atoms with Gasteiger partial charge in [-0.05, 0) is 18.5 Å². The summed E-state index contributed by atoms with van der Waals surface area (Å²) in [6, 6.07) is 4.83. The van der Waals surface area contributed by atoms with E-state index in [0.29, 0.717) is 6.04 Å². The third-order valence-corrected chi connectivity index (χ3v) is 5.15. The highest BCUT2D eigenvalue weighted by Gasteiger charge is 2.24. The van der Waals surface area contributed by atoms with E-state index < -0.39 is 0 Å². The summed E-state index contributed by atoms with van der Waals surface area (Å²) in [5.74, 6) is 1.11. The maximum atomic E-state index is 5.51. The average Bonchev–Trinajstić information content (AvgIpc) is 3.18. The summed E-state index contributed by atoms with van der Waals surface area (Å²) in [5, 5.41) is 2.17. The monoisotopic (exact) mass is 320 g/mol. The molecular formula is C16H24N4OS. The smallest absolute Gasteiger partial charge is 0.122 e. The quantitative estimate of drug-likeness (QED) is 0.815. The minimum atomic E-state index is 0.439. The summed E-state index contributed by atoms with van der Waals surface area (Å²) < 4.78 is 7.60. The Bertz CT molecular complexity index is 562. The maximum Gasteiger partial charge on any atom is 0.122 e. The molecule has 5 nitrogen and oxygen atoms in total. The predicted octanol–water partition coefficient (Wildman–Crippen LogP) is 1.99. The van der Waals surface area contributed by atoms with Gasteiger partial charge in [0.25, 0.3) is 0 Å². The van der Waals surface area contributed by atoms with Crippen molar-refractivity contribution in [3.63, 3.8) is 0 Å². The number of likely N-dealkylation sites (N-methyl/N-ethyl adjacent to an activating group) is 1. The number of morpholine rings is 1. The number of hydrogen-bond acceptors (Lipinski definition) is 5. The standard InChI is InChI=1S/C16H24N4OS/c1-18(13-16-17-5-6-19(16)2)12-14(15-4-3-11-22-15)20-7-9-21-10-8-20/h3-6,11,14H,7-10,12-13H2,1-2H3/t14-/m1/s1. The number of aromatic nitrogens is 2. The Hall–Kier alpha value is -1.21.